The highest BCUT2D eigenvalue weighted by Crippen LogP contribution is 2.22. The smallest absolute Gasteiger partial charge is 0.150 e. The Kier molecular flexibility index (Phi) is 7.34. The number of aldehydes is 1. The van der Waals surface area contributed by atoms with Gasteiger partial charge in [0.2, 0.25) is 0 Å². The maximum atomic E-state index is 10.7. The SMILES string of the molecule is COCCCCCCOc1ccc(-c2ccc(C=O)cc2)cc1. The zero-order valence-corrected chi connectivity index (χ0v) is 13.7. The Morgan fingerprint density at radius 2 is 1.35 bits per heavy atom. The van der Waals surface area contributed by atoms with Crippen molar-refractivity contribution in [2.45, 2.75) is 25.7 Å². The molecule has 0 bridgehead atoms. The van der Waals surface area contributed by atoms with Gasteiger partial charge in [0.1, 0.15) is 12.0 Å². The number of carbonyl (C=O) groups excluding carboxylic acids is 1. The van der Waals surface area contributed by atoms with Crippen LogP contribution in [0, 0.1) is 0 Å². The second kappa shape index (κ2) is 9.80. The van der Waals surface area contributed by atoms with Gasteiger partial charge in [-0.25, -0.2) is 0 Å². The molecule has 0 aromatic heterocycles. The van der Waals surface area contributed by atoms with E-state index in [4.69, 9.17) is 9.47 Å². The molecule has 0 N–H and O–H groups in total. The maximum Gasteiger partial charge on any atom is 0.150 e. The molecule has 2 rings (SSSR count). The van der Waals surface area contributed by atoms with E-state index in [0.29, 0.717) is 5.56 Å². The third-order valence-electron chi connectivity index (χ3n) is 3.75. The summed E-state index contributed by atoms with van der Waals surface area (Å²) in [6.07, 6.45) is 5.40. The van der Waals surface area contributed by atoms with Gasteiger partial charge in [0.15, 0.2) is 0 Å². The molecule has 0 aliphatic carbocycles. The fourth-order valence-corrected chi connectivity index (χ4v) is 2.39. The molecular formula is C20H24O3. The van der Waals surface area contributed by atoms with Crippen LogP contribution in [0.4, 0.5) is 0 Å². The van der Waals surface area contributed by atoms with Crippen LogP contribution in [0.1, 0.15) is 36.0 Å². The van der Waals surface area contributed by atoms with Crippen molar-refractivity contribution in [1.82, 2.24) is 0 Å². The number of ether oxygens (including phenoxy) is 2. The Morgan fingerprint density at radius 1 is 0.783 bits per heavy atom. The summed E-state index contributed by atoms with van der Waals surface area (Å²) in [6, 6.07) is 15.7. The van der Waals surface area contributed by atoms with Gasteiger partial charge in [-0.15, -0.1) is 0 Å². The lowest BCUT2D eigenvalue weighted by molar-refractivity contribution is 0.112. The van der Waals surface area contributed by atoms with E-state index >= 15 is 0 Å². The van der Waals surface area contributed by atoms with E-state index in [0.717, 1.165) is 49.2 Å². The molecule has 122 valence electrons. The quantitative estimate of drug-likeness (QED) is 0.469. The molecule has 0 unspecified atom stereocenters. The molecule has 23 heavy (non-hydrogen) atoms. The van der Waals surface area contributed by atoms with Crippen LogP contribution in [0.2, 0.25) is 0 Å². The molecule has 0 saturated carbocycles. The summed E-state index contributed by atoms with van der Waals surface area (Å²) in [6.45, 7) is 1.59. The largest absolute Gasteiger partial charge is 0.494 e. The van der Waals surface area contributed by atoms with Crippen LogP contribution in [0.25, 0.3) is 11.1 Å². The summed E-state index contributed by atoms with van der Waals surface area (Å²) < 4.78 is 10.8. The first-order chi connectivity index (χ1) is 11.3. The van der Waals surface area contributed by atoms with Gasteiger partial charge in [-0.2, -0.15) is 0 Å². The maximum absolute atomic E-state index is 10.7. The highest BCUT2D eigenvalue weighted by molar-refractivity contribution is 5.76. The van der Waals surface area contributed by atoms with Crippen molar-refractivity contribution in [2.24, 2.45) is 0 Å². The Hall–Kier alpha value is -2.13. The second-order valence-electron chi connectivity index (χ2n) is 5.52. The fraction of sp³-hybridized carbons (Fsp3) is 0.350. The molecule has 2 aromatic carbocycles. The van der Waals surface area contributed by atoms with Gasteiger partial charge in [-0.1, -0.05) is 42.8 Å². The van der Waals surface area contributed by atoms with Crippen LogP contribution < -0.4 is 4.74 Å². The minimum absolute atomic E-state index is 0.694. The van der Waals surface area contributed by atoms with Gasteiger partial charge in [-0.3, -0.25) is 4.79 Å². The highest BCUT2D eigenvalue weighted by Gasteiger charge is 2.00. The predicted molar refractivity (Wildman–Crippen MR) is 93.1 cm³/mol. The summed E-state index contributed by atoms with van der Waals surface area (Å²) in [7, 11) is 1.74. The highest BCUT2D eigenvalue weighted by atomic mass is 16.5. The number of methoxy groups -OCH3 is 1. The zero-order valence-electron chi connectivity index (χ0n) is 13.7. The van der Waals surface area contributed by atoms with E-state index in [2.05, 4.69) is 0 Å². The van der Waals surface area contributed by atoms with Gasteiger partial charge >= 0.3 is 0 Å². The normalized spacial score (nSPS) is 10.5. The lowest BCUT2D eigenvalue weighted by Gasteiger charge is -2.08. The van der Waals surface area contributed by atoms with E-state index in [1.165, 1.54) is 12.8 Å². The molecule has 0 radical (unpaired) electrons. The lowest BCUT2D eigenvalue weighted by atomic mass is 10.0. The predicted octanol–water partition coefficient (Wildman–Crippen LogP) is 4.75. The molecule has 0 amide bonds. The van der Waals surface area contributed by atoms with Crippen molar-refractivity contribution >= 4 is 6.29 Å². The Morgan fingerprint density at radius 3 is 1.91 bits per heavy atom. The summed E-state index contributed by atoms with van der Waals surface area (Å²) in [5.74, 6) is 0.898. The first kappa shape index (κ1) is 17.2. The monoisotopic (exact) mass is 312 g/mol. The van der Waals surface area contributed by atoms with Crippen molar-refractivity contribution in [3.05, 3.63) is 54.1 Å². The minimum atomic E-state index is 0.694. The van der Waals surface area contributed by atoms with Crippen molar-refractivity contribution in [3.8, 4) is 16.9 Å². The molecule has 0 atom stereocenters. The number of hydrogen-bond acceptors (Lipinski definition) is 3. The molecule has 0 fully saturated rings. The third-order valence-corrected chi connectivity index (χ3v) is 3.75. The summed E-state index contributed by atoms with van der Waals surface area (Å²) in [5, 5.41) is 0. The Labute approximate surface area is 138 Å². The van der Waals surface area contributed by atoms with E-state index in [1.54, 1.807) is 7.11 Å². The van der Waals surface area contributed by atoms with Crippen LogP contribution in [-0.2, 0) is 4.74 Å². The average molecular weight is 312 g/mol. The van der Waals surface area contributed by atoms with Crippen molar-refractivity contribution in [3.63, 3.8) is 0 Å². The molecule has 2 aromatic rings. The molecule has 3 nitrogen and oxygen atoms in total. The second-order valence-corrected chi connectivity index (χ2v) is 5.52. The molecule has 0 heterocycles. The lowest BCUT2D eigenvalue weighted by Crippen LogP contribution is -1.97. The average Bonchev–Trinajstić information content (AvgIpc) is 2.61. The topological polar surface area (TPSA) is 35.5 Å². The van der Waals surface area contributed by atoms with E-state index in [-0.39, 0.29) is 0 Å². The van der Waals surface area contributed by atoms with Gasteiger partial charge in [0.25, 0.3) is 0 Å². The van der Waals surface area contributed by atoms with Gasteiger partial charge in [-0.05, 0) is 42.5 Å². The van der Waals surface area contributed by atoms with E-state index < -0.39 is 0 Å². The van der Waals surface area contributed by atoms with Crippen LogP contribution in [0.5, 0.6) is 5.75 Å². The Bertz CT molecular complexity index is 573. The number of hydrogen-bond donors (Lipinski definition) is 0. The number of unbranched alkanes of at least 4 members (excludes halogenated alkanes) is 3. The molecule has 0 aliphatic rings. The van der Waals surface area contributed by atoms with Crippen LogP contribution in [-0.4, -0.2) is 26.6 Å². The van der Waals surface area contributed by atoms with E-state index in [9.17, 15) is 4.79 Å². The minimum Gasteiger partial charge on any atom is -0.494 e. The number of carbonyl (C=O) groups is 1. The third kappa shape index (κ3) is 5.87. The summed E-state index contributed by atoms with van der Waals surface area (Å²) >= 11 is 0. The van der Waals surface area contributed by atoms with Crippen molar-refractivity contribution < 1.29 is 14.3 Å². The standard InChI is InChI=1S/C20H24O3/c1-22-14-4-2-3-5-15-23-20-12-10-19(11-13-20)18-8-6-17(16-21)7-9-18/h6-13,16H,2-5,14-15H2,1H3. The molecule has 0 spiro atoms. The van der Waals surface area contributed by atoms with Crippen molar-refractivity contribution in [2.75, 3.05) is 20.3 Å². The molecule has 0 saturated heterocycles. The van der Waals surface area contributed by atoms with Gasteiger partial charge in [0.05, 0.1) is 6.61 Å². The van der Waals surface area contributed by atoms with Crippen LogP contribution in [0.15, 0.2) is 48.5 Å². The van der Waals surface area contributed by atoms with Gasteiger partial charge < -0.3 is 9.47 Å². The van der Waals surface area contributed by atoms with Crippen LogP contribution >= 0.6 is 0 Å². The van der Waals surface area contributed by atoms with Crippen LogP contribution in [0.3, 0.4) is 0 Å². The summed E-state index contributed by atoms with van der Waals surface area (Å²) in [4.78, 5) is 10.7. The van der Waals surface area contributed by atoms with Crippen molar-refractivity contribution in [1.29, 1.82) is 0 Å². The fourth-order valence-electron chi connectivity index (χ4n) is 2.39. The first-order valence-corrected chi connectivity index (χ1v) is 8.11. The van der Waals surface area contributed by atoms with E-state index in [1.807, 2.05) is 48.5 Å². The Balaban J connectivity index is 1.76. The first-order valence-electron chi connectivity index (χ1n) is 8.11. The zero-order chi connectivity index (χ0) is 16.3. The molecular weight excluding hydrogens is 288 g/mol. The molecule has 3 heteroatoms. The number of benzene rings is 2. The molecule has 0 aliphatic heterocycles. The number of rotatable bonds is 10. The van der Waals surface area contributed by atoms with Gasteiger partial charge in [0, 0.05) is 19.3 Å². The summed E-state index contributed by atoms with van der Waals surface area (Å²) in [5.41, 5.74) is 2.91.